The van der Waals surface area contributed by atoms with E-state index in [0.717, 1.165) is 30.6 Å². The predicted octanol–water partition coefficient (Wildman–Crippen LogP) is 2.96. The third-order valence-electron chi connectivity index (χ3n) is 5.27. The first-order valence-corrected chi connectivity index (χ1v) is 10.8. The smallest absolute Gasteiger partial charge is 0.211 e. The van der Waals surface area contributed by atoms with E-state index in [9.17, 15) is 8.42 Å². The Morgan fingerprint density at radius 1 is 1.12 bits per heavy atom. The van der Waals surface area contributed by atoms with E-state index in [4.69, 9.17) is 0 Å². The quantitative estimate of drug-likeness (QED) is 0.835. The molecule has 1 aromatic carbocycles. The molecule has 2 aromatic rings. The van der Waals surface area contributed by atoms with Gasteiger partial charge in [-0.25, -0.2) is 12.7 Å². The number of rotatable bonds is 3. The molecule has 0 N–H and O–H groups in total. The number of hydrogen-bond acceptors (Lipinski definition) is 4. The Bertz CT molecular complexity index is 917. The molecular weight excluding hydrogens is 346 g/mol. The molecule has 6 heteroatoms. The van der Waals surface area contributed by atoms with Crippen LogP contribution in [0.1, 0.15) is 24.0 Å². The van der Waals surface area contributed by atoms with Gasteiger partial charge in [-0.05, 0) is 48.2 Å². The van der Waals surface area contributed by atoms with E-state index in [0.29, 0.717) is 19.1 Å². The zero-order valence-corrected chi connectivity index (χ0v) is 15.7. The first kappa shape index (κ1) is 17.2. The molecule has 0 bridgehead atoms. The summed E-state index contributed by atoms with van der Waals surface area (Å²) in [7, 11) is -3.07. The lowest BCUT2D eigenvalue weighted by atomic mass is 9.97. The monoisotopic (exact) mass is 369 g/mol. The number of nitrogens with zero attached hydrogens (tertiary/aromatic N) is 3. The second kappa shape index (κ2) is 6.85. The Morgan fingerprint density at radius 3 is 2.62 bits per heavy atom. The number of piperidine rings is 1. The summed E-state index contributed by atoms with van der Waals surface area (Å²) in [6.07, 6.45) is 9.18. The van der Waals surface area contributed by atoms with Crippen molar-refractivity contribution in [2.24, 2.45) is 0 Å². The fourth-order valence-electron chi connectivity index (χ4n) is 3.77. The Balaban J connectivity index is 1.47. The second-order valence-corrected chi connectivity index (χ2v) is 8.99. The third-order valence-corrected chi connectivity index (χ3v) is 6.57. The fraction of sp³-hybridized carbons (Fsp3) is 0.350. The molecule has 3 heterocycles. The van der Waals surface area contributed by atoms with Gasteiger partial charge < -0.3 is 4.90 Å². The third kappa shape index (κ3) is 3.52. The summed E-state index contributed by atoms with van der Waals surface area (Å²) in [5.74, 6) is 0. The van der Waals surface area contributed by atoms with Crippen LogP contribution in [0.4, 0.5) is 0 Å². The van der Waals surface area contributed by atoms with Crippen molar-refractivity contribution in [2.75, 3.05) is 19.3 Å². The van der Waals surface area contributed by atoms with Crippen molar-refractivity contribution in [3.05, 3.63) is 59.9 Å². The number of pyridine rings is 1. The summed E-state index contributed by atoms with van der Waals surface area (Å²) in [6.45, 7) is 2.09. The highest BCUT2D eigenvalue weighted by molar-refractivity contribution is 7.88. The van der Waals surface area contributed by atoms with Crippen molar-refractivity contribution in [1.82, 2.24) is 14.2 Å². The van der Waals surface area contributed by atoms with Gasteiger partial charge in [0.25, 0.3) is 0 Å². The number of aromatic nitrogens is 1. The lowest BCUT2D eigenvalue weighted by molar-refractivity contribution is 0.183. The van der Waals surface area contributed by atoms with Gasteiger partial charge >= 0.3 is 0 Å². The fourth-order valence-corrected chi connectivity index (χ4v) is 4.64. The molecule has 0 amide bonds. The topological polar surface area (TPSA) is 53.5 Å². The van der Waals surface area contributed by atoms with Gasteiger partial charge in [0.15, 0.2) is 0 Å². The summed E-state index contributed by atoms with van der Waals surface area (Å²) in [4.78, 5) is 6.77. The zero-order valence-electron chi connectivity index (χ0n) is 14.9. The van der Waals surface area contributed by atoms with Crippen LogP contribution in [-0.4, -0.2) is 48.0 Å². The minimum absolute atomic E-state index is 0.396. The van der Waals surface area contributed by atoms with Crippen LogP contribution in [0.15, 0.2) is 48.8 Å². The van der Waals surface area contributed by atoms with Gasteiger partial charge in [0.1, 0.15) is 0 Å². The highest BCUT2D eigenvalue weighted by atomic mass is 32.2. The number of sulfonamides is 1. The summed E-state index contributed by atoms with van der Waals surface area (Å²) in [5, 5.41) is 0. The largest absolute Gasteiger partial charge is 0.370 e. The van der Waals surface area contributed by atoms with Crippen LogP contribution >= 0.6 is 0 Å². The molecule has 0 radical (unpaired) electrons. The molecule has 1 fully saturated rings. The maximum atomic E-state index is 11.7. The van der Waals surface area contributed by atoms with E-state index in [2.05, 4.69) is 40.4 Å². The van der Waals surface area contributed by atoms with Crippen LogP contribution in [0, 0.1) is 0 Å². The highest BCUT2D eigenvalue weighted by Gasteiger charge is 2.28. The van der Waals surface area contributed by atoms with Gasteiger partial charge in [0.2, 0.25) is 10.0 Å². The maximum absolute atomic E-state index is 11.7. The molecule has 2 aliphatic heterocycles. The molecule has 26 heavy (non-hydrogen) atoms. The molecule has 1 aromatic heterocycles. The summed E-state index contributed by atoms with van der Waals surface area (Å²) >= 11 is 0. The number of hydrogen-bond donors (Lipinski definition) is 0. The number of benzene rings is 1. The molecule has 0 saturated carbocycles. The van der Waals surface area contributed by atoms with Gasteiger partial charge in [-0.2, -0.15) is 0 Å². The number of fused-ring (bicyclic) bond motifs is 1. The van der Waals surface area contributed by atoms with Crippen LogP contribution in [0.25, 0.3) is 17.3 Å². The summed E-state index contributed by atoms with van der Waals surface area (Å²) in [6, 6.07) is 12.9. The van der Waals surface area contributed by atoms with Crippen LogP contribution < -0.4 is 0 Å². The van der Waals surface area contributed by atoms with Crippen LogP contribution in [-0.2, 0) is 16.6 Å². The zero-order chi connectivity index (χ0) is 18.1. The van der Waals surface area contributed by atoms with Gasteiger partial charge in [0, 0.05) is 43.6 Å². The van der Waals surface area contributed by atoms with E-state index in [1.54, 1.807) is 4.31 Å². The van der Waals surface area contributed by atoms with E-state index in [1.807, 2.05) is 24.4 Å². The molecule has 136 valence electrons. The summed E-state index contributed by atoms with van der Waals surface area (Å²) < 4.78 is 24.9. The lowest BCUT2D eigenvalue weighted by Crippen LogP contribution is -2.45. The van der Waals surface area contributed by atoms with Crippen molar-refractivity contribution in [3.8, 4) is 11.3 Å². The molecule has 0 unspecified atom stereocenters. The van der Waals surface area contributed by atoms with Crippen LogP contribution in [0.3, 0.4) is 0 Å². The summed E-state index contributed by atoms with van der Waals surface area (Å²) in [5.41, 5.74) is 4.65. The second-order valence-electron chi connectivity index (χ2n) is 7.01. The molecule has 0 aliphatic carbocycles. The van der Waals surface area contributed by atoms with Crippen molar-refractivity contribution in [3.63, 3.8) is 0 Å². The lowest BCUT2D eigenvalue weighted by Gasteiger charge is -2.38. The van der Waals surface area contributed by atoms with Crippen molar-refractivity contribution in [2.45, 2.75) is 25.4 Å². The Hall–Kier alpha value is -2.18. The molecule has 0 spiro atoms. The maximum Gasteiger partial charge on any atom is 0.211 e. The van der Waals surface area contributed by atoms with Crippen molar-refractivity contribution < 1.29 is 8.42 Å². The highest BCUT2D eigenvalue weighted by Crippen LogP contribution is 2.29. The van der Waals surface area contributed by atoms with E-state index >= 15 is 0 Å². The molecule has 0 atom stereocenters. The predicted molar refractivity (Wildman–Crippen MR) is 104 cm³/mol. The van der Waals surface area contributed by atoms with Gasteiger partial charge in [-0.3, -0.25) is 4.98 Å². The normalized spacial score (nSPS) is 18.7. The van der Waals surface area contributed by atoms with Crippen molar-refractivity contribution >= 4 is 16.1 Å². The van der Waals surface area contributed by atoms with E-state index < -0.39 is 10.0 Å². The Morgan fingerprint density at radius 2 is 1.92 bits per heavy atom. The molecule has 4 rings (SSSR count). The SMILES string of the molecule is CS(=O)(=O)N1CCC(N2C=Cc3cc(-c4ccccn4)ccc3C2)CC1. The van der Waals surface area contributed by atoms with Gasteiger partial charge in [-0.1, -0.05) is 18.2 Å². The molecule has 5 nitrogen and oxygen atoms in total. The average Bonchev–Trinajstić information content (AvgIpc) is 2.67. The molecule has 1 saturated heterocycles. The minimum atomic E-state index is -3.07. The molecular formula is C20H23N3O2S. The minimum Gasteiger partial charge on any atom is -0.370 e. The van der Waals surface area contributed by atoms with Crippen LogP contribution in [0.2, 0.25) is 0 Å². The van der Waals surface area contributed by atoms with E-state index in [1.165, 1.54) is 17.4 Å². The standard InChI is InChI=1S/C20H23N3O2S/c1-26(24,25)23-12-8-19(9-13-23)22-11-7-16-14-17(5-6-18(16)15-22)20-4-2-3-10-21-20/h2-7,10-11,14,19H,8-9,12-13,15H2,1H3. The van der Waals surface area contributed by atoms with E-state index in [-0.39, 0.29) is 0 Å². The van der Waals surface area contributed by atoms with Crippen molar-refractivity contribution in [1.29, 1.82) is 0 Å². The molecule has 2 aliphatic rings. The van der Waals surface area contributed by atoms with Gasteiger partial charge in [0.05, 0.1) is 11.9 Å². The Labute approximate surface area is 155 Å². The Kier molecular flexibility index (Phi) is 4.54. The first-order chi connectivity index (χ1) is 12.5. The first-order valence-electron chi connectivity index (χ1n) is 8.94. The van der Waals surface area contributed by atoms with Crippen LogP contribution in [0.5, 0.6) is 0 Å². The average molecular weight is 369 g/mol. The van der Waals surface area contributed by atoms with Gasteiger partial charge in [-0.15, -0.1) is 0 Å².